The zero-order chi connectivity index (χ0) is 9.54. The molecule has 3 heteroatoms. The Labute approximate surface area is 82.7 Å². The molecular weight excluding hydrogens is 176 g/mol. The zero-order valence-corrected chi connectivity index (χ0v) is 7.86. The van der Waals surface area contributed by atoms with Gasteiger partial charge in [0.15, 0.2) is 0 Å². The molecule has 2 aliphatic heterocycles. The predicted octanol–water partition coefficient (Wildman–Crippen LogP) is 1.73. The number of para-hydroxylation sites is 1. The van der Waals surface area contributed by atoms with Gasteiger partial charge in [-0.3, -0.25) is 4.79 Å². The topological polar surface area (TPSA) is 32.3 Å². The summed E-state index contributed by atoms with van der Waals surface area (Å²) >= 11 is 0. The zero-order valence-electron chi connectivity index (χ0n) is 7.86. The fraction of sp³-hybridized carbons (Fsp3) is 0.364. The molecule has 0 bridgehead atoms. The third kappa shape index (κ3) is 0.953. The van der Waals surface area contributed by atoms with E-state index >= 15 is 0 Å². The van der Waals surface area contributed by atoms with Gasteiger partial charge in [0, 0.05) is 12.1 Å². The summed E-state index contributed by atoms with van der Waals surface area (Å²) in [5.74, 6) is 0.275. The normalized spacial score (nSPS) is 24.1. The van der Waals surface area contributed by atoms with Gasteiger partial charge in [-0.2, -0.15) is 0 Å². The third-order valence-electron chi connectivity index (χ3n) is 3.09. The lowest BCUT2D eigenvalue weighted by atomic mass is 10.0. The summed E-state index contributed by atoms with van der Waals surface area (Å²) in [6.45, 7) is 0.667. The molecule has 0 radical (unpaired) electrons. The van der Waals surface area contributed by atoms with Crippen LogP contribution in [0.2, 0.25) is 0 Å². The van der Waals surface area contributed by atoms with Crippen LogP contribution >= 0.6 is 0 Å². The lowest BCUT2D eigenvalue weighted by Gasteiger charge is -2.32. The minimum Gasteiger partial charge on any atom is -0.367 e. The van der Waals surface area contributed by atoms with Gasteiger partial charge < -0.3 is 10.2 Å². The number of nitrogens with zero attached hydrogens (tertiary/aromatic N) is 1. The first-order valence-electron chi connectivity index (χ1n) is 4.98. The van der Waals surface area contributed by atoms with Gasteiger partial charge in [0.25, 0.3) is 0 Å². The van der Waals surface area contributed by atoms with E-state index in [-0.39, 0.29) is 5.91 Å². The average Bonchev–Trinajstić information content (AvgIpc) is 2.61. The molecular formula is C11H12N2O. The molecule has 1 saturated heterocycles. The first-order chi connectivity index (χ1) is 6.86. The molecule has 3 rings (SSSR count). The minimum atomic E-state index is 0.275. The van der Waals surface area contributed by atoms with Crippen LogP contribution in [0.1, 0.15) is 24.4 Å². The fourth-order valence-corrected chi connectivity index (χ4v) is 2.37. The molecule has 14 heavy (non-hydrogen) atoms. The smallest absolute Gasteiger partial charge is 0.224 e. The molecule has 0 aromatic heterocycles. The standard InChI is InChI=1S/C11H12N2O/c14-11-6-5-10-8-3-1-2-4-9(8)12-7-13(10)11/h1-4,10,12H,5-7H2/t10-/m0/s1. The number of carbonyl (C=O) groups excluding carboxylic acids is 1. The largest absolute Gasteiger partial charge is 0.367 e. The van der Waals surface area contributed by atoms with Gasteiger partial charge in [-0.1, -0.05) is 18.2 Å². The van der Waals surface area contributed by atoms with Gasteiger partial charge in [-0.25, -0.2) is 0 Å². The Hall–Kier alpha value is -1.51. The van der Waals surface area contributed by atoms with Crippen LogP contribution in [-0.4, -0.2) is 17.5 Å². The number of hydrogen-bond acceptors (Lipinski definition) is 2. The Morgan fingerprint density at radius 2 is 2.21 bits per heavy atom. The molecule has 72 valence electrons. The van der Waals surface area contributed by atoms with Crippen LogP contribution in [-0.2, 0) is 4.79 Å². The van der Waals surface area contributed by atoms with Crippen LogP contribution in [0.4, 0.5) is 5.69 Å². The molecule has 0 spiro atoms. The number of rotatable bonds is 0. The molecule has 1 amide bonds. The maximum Gasteiger partial charge on any atom is 0.224 e. The van der Waals surface area contributed by atoms with E-state index in [9.17, 15) is 4.79 Å². The maximum atomic E-state index is 11.5. The van der Waals surface area contributed by atoms with Gasteiger partial charge in [0.1, 0.15) is 0 Å². The summed E-state index contributed by atoms with van der Waals surface area (Å²) in [7, 11) is 0. The Morgan fingerprint density at radius 3 is 3.14 bits per heavy atom. The van der Waals surface area contributed by atoms with Crippen molar-refractivity contribution in [2.24, 2.45) is 0 Å². The van der Waals surface area contributed by atoms with Crippen molar-refractivity contribution >= 4 is 11.6 Å². The molecule has 2 heterocycles. The van der Waals surface area contributed by atoms with E-state index in [2.05, 4.69) is 17.4 Å². The van der Waals surface area contributed by atoms with E-state index < -0.39 is 0 Å². The average molecular weight is 188 g/mol. The number of amides is 1. The van der Waals surface area contributed by atoms with Crippen molar-refractivity contribution in [3.05, 3.63) is 29.8 Å². The molecule has 1 fully saturated rings. The summed E-state index contributed by atoms with van der Waals surface area (Å²) in [5, 5.41) is 3.27. The van der Waals surface area contributed by atoms with Crippen LogP contribution in [0.25, 0.3) is 0 Å². The fourth-order valence-electron chi connectivity index (χ4n) is 2.37. The molecule has 3 nitrogen and oxygen atoms in total. The van der Waals surface area contributed by atoms with E-state index in [1.165, 1.54) is 11.3 Å². The monoisotopic (exact) mass is 188 g/mol. The van der Waals surface area contributed by atoms with Crippen LogP contribution < -0.4 is 5.32 Å². The van der Waals surface area contributed by atoms with E-state index in [4.69, 9.17) is 0 Å². The lowest BCUT2D eigenvalue weighted by Crippen LogP contribution is -2.36. The lowest BCUT2D eigenvalue weighted by molar-refractivity contribution is -0.128. The van der Waals surface area contributed by atoms with Crippen molar-refractivity contribution < 1.29 is 4.79 Å². The second-order valence-corrected chi connectivity index (χ2v) is 3.84. The summed E-state index contributed by atoms with van der Waals surface area (Å²) < 4.78 is 0. The summed E-state index contributed by atoms with van der Waals surface area (Å²) in [6.07, 6.45) is 1.66. The number of nitrogens with one attached hydrogen (secondary N) is 1. The molecule has 1 atom stereocenters. The van der Waals surface area contributed by atoms with Crippen LogP contribution in [0.3, 0.4) is 0 Å². The highest BCUT2D eigenvalue weighted by molar-refractivity contribution is 5.80. The van der Waals surface area contributed by atoms with Crippen LogP contribution in [0.15, 0.2) is 24.3 Å². The van der Waals surface area contributed by atoms with E-state index in [0.29, 0.717) is 19.1 Å². The van der Waals surface area contributed by atoms with Gasteiger partial charge in [-0.05, 0) is 18.1 Å². The summed E-state index contributed by atoms with van der Waals surface area (Å²) in [5.41, 5.74) is 2.45. The quantitative estimate of drug-likeness (QED) is 0.672. The van der Waals surface area contributed by atoms with Crippen molar-refractivity contribution in [1.29, 1.82) is 0 Å². The van der Waals surface area contributed by atoms with Crippen molar-refractivity contribution in [1.82, 2.24) is 4.90 Å². The maximum absolute atomic E-state index is 11.5. The van der Waals surface area contributed by atoms with Crippen molar-refractivity contribution in [2.75, 3.05) is 12.0 Å². The highest BCUT2D eigenvalue weighted by Crippen LogP contribution is 2.39. The summed E-state index contributed by atoms with van der Waals surface area (Å²) in [4.78, 5) is 13.4. The van der Waals surface area contributed by atoms with Gasteiger partial charge in [0.2, 0.25) is 5.91 Å². The molecule has 0 unspecified atom stereocenters. The van der Waals surface area contributed by atoms with Crippen molar-refractivity contribution in [3.63, 3.8) is 0 Å². The molecule has 2 aliphatic rings. The molecule has 1 aromatic carbocycles. The Balaban J connectivity index is 2.07. The number of carbonyl (C=O) groups is 1. The highest BCUT2D eigenvalue weighted by atomic mass is 16.2. The van der Waals surface area contributed by atoms with E-state index in [1.807, 2.05) is 17.0 Å². The Bertz CT molecular complexity index is 389. The number of fused-ring (bicyclic) bond motifs is 3. The second-order valence-electron chi connectivity index (χ2n) is 3.84. The second kappa shape index (κ2) is 2.74. The number of benzene rings is 1. The van der Waals surface area contributed by atoms with Gasteiger partial charge in [-0.15, -0.1) is 0 Å². The minimum absolute atomic E-state index is 0.275. The predicted molar refractivity (Wildman–Crippen MR) is 53.8 cm³/mol. The van der Waals surface area contributed by atoms with Crippen LogP contribution in [0, 0.1) is 0 Å². The Kier molecular flexibility index (Phi) is 1.54. The van der Waals surface area contributed by atoms with E-state index in [1.54, 1.807) is 0 Å². The number of hydrogen-bond donors (Lipinski definition) is 1. The SMILES string of the molecule is O=C1CC[C@H]2c3ccccc3NCN12. The van der Waals surface area contributed by atoms with Crippen molar-refractivity contribution in [2.45, 2.75) is 18.9 Å². The molecule has 1 aromatic rings. The Morgan fingerprint density at radius 1 is 1.36 bits per heavy atom. The third-order valence-corrected chi connectivity index (χ3v) is 3.09. The number of anilines is 1. The molecule has 1 N–H and O–H groups in total. The van der Waals surface area contributed by atoms with E-state index in [0.717, 1.165) is 6.42 Å². The van der Waals surface area contributed by atoms with Crippen LogP contribution in [0.5, 0.6) is 0 Å². The molecule has 0 saturated carbocycles. The molecule has 0 aliphatic carbocycles. The van der Waals surface area contributed by atoms with Crippen molar-refractivity contribution in [3.8, 4) is 0 Å². The first-order valence-corrected chi connectivity index (χ1v) is 4.98. The first kappa shape index (κ1) is 7.85. The highest BCUT2D eigenvalue weighted by Gasteiger charge is 2.35. The summed E-state index contributed by atoms with van der Waals surface area (Å²) in [6, 6.07) is 8.57. The van der Waals surface area contributed by atoms with Gasteiger partial charge >= 0.3 is 0 Å². The van der Waals surface area contributed by atoms with Gasteiger partial charge in [0.05, 0.1) is 12.7 Å².